The summed E-state index contributed by atoms with van der Waals surface area (Å²) in [5.74, 6) is -0.0160. The molecule has 0 saturated heterocycles. The van der Waals surface area contributed by atoms with Gasteiger partial charge in [0, 0.05) is 11.6 Å². The molecule has 0 spiro atoms. The standard InChI is InChI=1S/C17H16N2O/c1-3-11(2)19-15(10-18)14-9-8-12-6-4-5-7-13(12)16(14)17(19)20/h4-9,11,15H,3H2,1-2H3. The van der Waals surface area contributed by atoms with E-state index < -0.39 is 6.04 Å². The minimum absolute atomic E-state index is 0.0160. The highest BCUT2D eigenvalue weighted by molar-refractivity contribution is 6.11. The van der Waals surface area contributed by atoms with Gasteiger partial charge >= 0.3 is 0 Å². The third-order valence-corrected chi connectivity index (χ3v) is 4.17. The van der Waals surface area contributed by atoms with Gasteiger partial charge in [0.05, 0.1) is 11.6 Å². The minimum Gasteiger partial charge on any atom is -0.316 e. The molecule has 1 aliphatic rings. The fourth-order valence-corrected chi connectivity index (χ4v) is 2.93. The van der Waals surface area contributed by atoms with E-state index in [-0.39, 0.29) is 11.9 Å². The summed E-state index contributed by atoms with van der Waals surface area (Å²) in [6, 6.07) is 13.7. The van der Waals surface area contributed by atoms with Crippen molar-refractivity contribution in [1.82, 2.24) is 4.90 Å². The summed E-state index contributed by atoms with van der Waals surface area (Å²) < 4.78 is 0. The molecule has 0 aliphatic carbocycles. The molecule has 3 nitrogen and oxygen atoms in total. The molecule has 2 aromatic carbocycles. The number of benzene rings is 2. The monoisotopic (exact) mass is 264 g/mol. The second-order valence-corrected chi connectivity index (χ2v) is 5.25. The van der Waals surface area contributed by atoms with Crippen LogP contribution in [0, 0.1) is 11.3 Å². The van der Waals surface area contributed by atoms with Gasteiger partial charge in [-0.1, -0.05) is 43.3 Å². The molecule has 0 bridgehead atoms. The third kappa shape index (κ3) is 1.61. The molecule has 2 aromatic rings. The maximum Gasteiger partial charge on any atom is 0.256 e. The Balaban J connectivity index is 2.26. The van der Waals surface area contributed by atoms with E-state index in [1.165, 1.54) is 0 Å². The molecular formula is C17H16N2O. The van der Waals surface area contributed by atoms with Crippen LogP contribution in [-0.2, 0) is 0 Å². The van der Waals surface area contributed by atoms with Crippen LogP contribution < -0.4 is 0 Å². The van der Waals surface area contributed by atoms with Crippen molar-refractivity contribution in [2.24, 2.45) is 0 Å². The Labute approximate surface area is 118 Å². The van der Waals surface area contributed by atoms with Crippen LogP contribution >= 0.6 is 0 Å². The number of hydrogen-bond donors (Lipinski definition) is 0. The number of amides is 1. The highest BCUT2D eigenvalue weighted by atomic mass is 16.2. The Morgan fingerprint density at radius 1 is 1.30 bits per heavy atom. The molecule has 0 N–H and O–H groups in total. The van der Waals surface area contributed by atoms with Crippen LogP contribution in [0.25, 0.3) is 10.8 Å². The van der Waals surface area contributed by atoms with Crippen LogP contribution in [0.3, 0.4) is 0 Å². The summed E-state index contributed by atoms with van der Waals surface area (Å²) in [6.07, 6.45) is 0.843. The lowest BCUT2D eigenvalue weighted by atomic mass is 9.98. The van der Waals surface area contributed by atoms with E-state index in [2.05, 4.69) is 6.07 Å². The van der Waals surface area contributed by atoms with Crippen molar-refractivity contribution in [3.8, 4) is 6.07 Å². The van der Waals surface area contributed by atoms with Crippen LogP contribution in [0.1, 0.15) is 42.2 Å². The van der Waals surface area contributed by atoms with Crippen molar-refractivity contribution in [2.45, 2.75) is 32.4 Å². The number of carbonyl (C=O) groups is 1. The molecule has 1 amide bonds. The molecule has 0 saturated carbocycles. The summed E-state index contributed by atoms with van der Waals surface area (Å²) in [5.41, 5.74) is 1.55. The van der Waals surface area contributed by atoms with Crippen molar-refractivity contribution < 1.29 is 4.79 Å². The van der Waals surface area contributed by atoms with E-state index in [0.29, 0.717) is 5.56 Å². The quantitative estimate of drug-likeness (QED) is 0.830. The number of rotatable bonds is 2. The predicted octanol–water partition coefficient (Wildman–Crippen LogP) is 3.66. The summed E-state index contributed by atoms with van der Waals surface area (Å²) in [5, 5.41) is 11.5. The molecule has 1 aliphatic heterocycles. The van der Waals surface area contributed by atoms with E-state index >= 15 is 0 Å². The fourth-order valence-electron chi connectivity index (χ4n) is 2.93. The lowest BCUT2D eigenvalue weighted by Gasteiger charge is -2.26. The Kier molecular flexibility index (Phi) is 2.94. The van der Waals surface area contributed by atoms with E-state index in [0.717, 1.165) is 22.8 Å². The smallest absolute Gasteiger partial charge is 0.256 e. The van der Waals surface area contributed by atoms with Gasteiger partial charge in [0.25, 0.3) is 5.91 Å². The van der Waals surface area contributed by atoms with Gasteiger partial charge in [-0.15, -0.1) is 0 Å². The molecule has 2 atom stereocenters. The summed E-state index contributed by atoms with van der Waals surface area (Å²) in [4.78, 5) is 14.5. The Bertz CT molecular complexity index is 729. The molecule has 2 unspecified atom stereocenters. The molecule has 1 heterocycles. The molecule has 20 heavy (non-hydrogen) atoms. The summed E-state index contributed by atoms with van der Waals surface area (Å²) in [6.45, 7) is 4.03. The predicted molar refractivity (Wildman–Crippen MR) is 78.2 cm³/mol. The van der Waals surface area contributed by atoms with Crippen molar-refractivity contribution >= 4 is 16.7 Å². The van der Waals surface area contributed by atoms with Gasteiger partial charge in [-0.2, -0.15) is 5.26 Å². The second kappa shape index (κ2) is 4.64. The van der Waals surface area contributed by atoms with Gasteiger partial charge in [0.2, 0.25) is 0 Å². The highest BCUT2D eigenvalue weighted by Gasteiger charge is 2.39. The number of hydrogen-bond acceptors (Lipinski definition) is 2. The van der Waals surface area contributed by atoms with Crippen LogP contribution in [0.4, 0.5) is 0 Å². The van der Waals surface area contributed by atoms with Gasteiger partial charge in [0.1, 0.15) is 6.04 Å². The van der Waals surface area contributed by atoms with Crippen molar-refractivity contribution in [3.05, 3.63) is 47.5 Å². The van der Waals surface area contributed by atoms with Gasteiger partial charge < -0.3 is 4.90 Å². The normalized spacial score (nSPS) is 18.9. The van der Waals surface area contributed by atoms with Gasteiger partial charge in [-0.25, -0.2) is 0 Å². The molecular weight excluding hydrogens is 248 g/mol. The van der Waals surface area contributed by atoms with Gasteiger partial charge in [-0.05, 0) is 24.1 Å². The average molecular weight is 264 g/mol. The van der Waals surface area contributed by atoms with Gasteiger partial charge in [0.15, 0.2) is 0 Å². The molecule has 100 valence electrons. The van der Waals surface area contributed by atoms with E-state index in [1.807, 2.05) is 50.2 Å². The van der Waals surface area contributed by atoms with E-state index in [1.54, 1.807) is 4.90 Å². The van der Waals surface area contributed by atoms with E-state index in [4.69, 9.17) is 0 Å². The number of carbonyl (C=O) groups excluding carboxylic acids is 1. The lowest BCUT2D eigenvalue weighted by Crippen LogP contribution is -2.35. The first kappa shape index (κ1) is 12.7. The Morgan fingerprint density at radius 3 is 2.75 bits per heavy atom. The van der Waals surface area contributed by atoms with Crippen LogP contribution in [0.5, 0.6) is 0 Å². The van der Waals surface area contributed by atoms with Crippen molar-refractivity contribution in [1.29, 1.82) is 5.26 Å². The van der Waals surface area contributed by atoms with E-state index in [9.17, 15) is 10.1 Å². The van der Waals surface area contributed by atoms with Crippen molar-refractivity contribution in [3.63, 3.8) is 0 Å². The zero-order valence-corrected chi connectivity index (χ0v) is 11.6. The lowest BCUT2D eigenvalue weighted by molar-refractivity contribution is 0.0686. The topological polar surface area (TPSA) is 44.1 Å². The van der Waals surface area contributed by atoms with Gasteiger partial charge in [-0.3, -0.25) is 4.79 Å². The van der Waals surface area contributed by atoms with Crippen LogP contribution in [0.15, 0.2) is 36.4 Å². The van der Waals surface area contributed by atoms with Crippen molar-refractivity contribution in [2.75, 3.05) is 0 Å². The largest absolute Gasteiger partial charge is 0.316 e. The molecule has 0 fully saturated rings. The Hall–Kier alpha value is -2.34. The first-order valence-corrected chi connectivity index (χ1v) is 6.93. The molecule has 0 aromatic heterocycles. The molecule has 3 rings (SSSR count). The summed E-state index contributed by atoms with van der Waals surface area (Å²) in [7, 11) is 0. The third-order valence-electron chi connectivity index (χ3n) is 4.17. The fraction of sp³-hybridized carbons (Fsp3) is 0.294. The number of fused-ring (bicyclic) bond motifs is 3. The first-order valence-electron chi connectivity index (χ1n) is 6.93. The molecule has 0 radical (unpaired) electrons. The number of nitrogens with zero attached hydrogens (tertiary/aromatic N) is 2. The maximum atomic E-state index is 12.8. The minimum atomic E-state index is -0.461. The second-order valence-electron chi connectivity index (χ2n) is 5.25. The highest BCUT2D eigenvalue weighted by Crippen LogP contribution is 2.39. The maximum absolute atomic E-state index is 12.8. The SMILES string of the molecule is CCC(C)N1C(=O)c2c(ccc3ccccc23)C1C#N. The number of nitriles is 1. The van der Waals surface area contributed by atoms with Crippen LogP contribution in [0.2, 0.25) is 0 Å². The zero-order chi connectivity index (χ0) is 14.3. The van der Waals surface area contributed by atoms with Crippen LogP contribution in [-0.4, -0.2) is 16.8 Å². The first-order chi connectivity index (χ1) is 9.69. The molecule has 3 heteroatoms. The average Bonchev–Trinajstić information content (AvgIpc) is 2.79. The Morgan fingerprint density at radius 2 is 2.05 bits per heavy atom. The summed E-state index contributed by atoms with van der Waals surface area (Å²) >= 11 is 0. The zero-order valence-electron chi connectivity index (χ0n) is 11.6.